The van der Waals surface area contributed by atoms with Crippen molar-refractivity contribution in [1.29, 1.82) is 0 Å². The Hall–Kier alpha value is -1.42. The van der Waals surface area contributed by atoms with E-state index in [-0.39, 0.29) is 11.8 Å². The first-order valence-electron chi connectivity index (χ1n) is 5.45. The summed E-state index contributed by atoms with van der Waals surface area (Å²) in [6, 6.07) is 5.98. The molecule has 1 aromatic carbocycles. The number of halogens is 1. The molecule has 3 nitrogen and oxygen atoms in total. The average molecular weight is 239 g/mol. The van der Waals surface area contributed by atoms with Crippen molar-refractivity contribution in [3.05, 3.63) is 35.6 Å². The van der Waals surface area contributed by atoms with Gasteiger partial charge in [-0.05, 0) is 27.0 Å². The van der Waals surface area contributed by atoms with Crippen LogP contribution in [0.15, 0.2) is 24.3 Å². The first-order valence-corrected chi connectivity index (χ1v) is 5.45. The van der Waals surface area contributed by atoms with E-state index in [0.29, 0.717) is 5.56 Å². The molecule has 94 valence electrons. The molecule has 0 saturated heterocycles. The van der Waals surface area contributed by atoms with Crippen LogP contribution in [0.25, 0.3) is 0 Å². The third-order valence-electron chi connectivity index (χ3n) is 2.94. The number of carbonyl (C=O) groups is 1. The van der Waals surface area contributed by atoms with Crippen LogP contribution < -0.4 is 5.32 Å². The minimum absolute atomic E-state index is 0.330. The summed E-state index contributed by atoms with van der Waals surface area (Å²) in [7, 11) is 3.03. The molecule has 0 saturated carbocycles. The first kappa shape index (κ1) is 13.6. The van der Waals surface area contributed by atoms with Gasteiger partial charge in [-0.2, -0.15) is 0 Å². The zero-order valence-electron chi connectivity index (χ0n) is 10.6. The summed E-state index contributed by atoms with van der Waals surface area (Å²) in [5, 5.41) is 2.97. The van der Waals surface area contributed by atoms with Gasteiger partial charge in [0.15, 0.2) is 0 Å². The Labute approximate surface area is 101 Å². The normalized spacial score (nSPS) is 13.2. The highest BCUT2D eigenvalue weighted by molar-refractivity contribution is 5.77. The quantitative estimate of drug-likeness (QED) is 0.819. The van der Waals surface area contributed by atoms with Gasteiger partial charge in [0.25, 0.3) is 0 Å². The fraction of sp³-hybridized carbons (Fsp3) is 0.462. The van der Waals surface area contributed by atoms with Gasteiger partial charge in [-0.15, -0.1) is 0 Å². The van der Waals surface area contributed by atoms with E-state index >= 15 is 0 Å². The standard InChI is InChI=1S/C13H18FNO2/c1-13(2,12(16)17-4)11(15-3)9-7-5-6-8-10(9)14/h5-8,11,15H,1-4H3. The predicted octanol–water partition coefficient (Wildman–Crippen LogP) is 2.29. The predicted molar refractivity (Wildman–Crippen MR) is 64.0 cm³/mol. The fourth-order valence-corrected chi connectivity index (χ4v) is 2.00. The zero-order chi connectivity index (χ0) is 13.1. The SMILES string of the molecule is CNC(c1ccccc1F)C(C)(C)C(=O)OC. The molecule has 0 spiro atoms. The molecular formula is C13H18FNO2. The van der Waals surface area contributed by atoms with Crippen LogP contribution in [0.3, 0.4) is 0 Å². The monoisotopic (exact) mass is 239 g/mol. The van der Waals surface area contributed by atoms with Crippen LogP contribution in [0.1, 0.15) is 25.5 Å². The molecule has 1 N–H and O–H groups in total. The molecule has 0 aliphatic carbocycles. The highest BCUT2D eigenvalue weighted by Crippen LogP contribution is 2.35. The summed E-state index contributed by atoms with van der Waals surface area (Å²) in [5.41, 5.74) is -0.378. The Morgan fingerprint density at radius 1 is 1.41 bits per heavy atom. The maximum atomic E-state index is 13.7. The smallest absolute Gasteiger partial charge is 0.313 e. The number of methoxy groups -OCH3 is 1. The van der Waals surface area contributed by atoms with Crippen LogP contribution in [0, 0.1) is 11.2 Å². The van der Waals surface area contributed by atoms with Crippen LogP contribution in [-0.4, -0.2) is 20.1 Å². The Bertz CT molecular complexity index is 404. The maximum absolute atomic E-state index is 13.7. The van der Waals surface area contributed by atoms with Crippen LogP contribution in [0.4, 0.5) is 4.39 Å². The summed E-state index contributed by atoms with van der Waals surface area (Å²) < 4.78 is 18.5. The Morgan fingerprint density at radius 2 is 2.00 bits per heavy atom. The third kappa shape index (κ3) is 2.64. The number of ether oxygens (including phenoxy) is 1. The Balaban J connectivity index is 3.16. The van der Waals surface area contributed by atoms with Crippen molar-refractivity contribution in [3.63, 3.8) is 0 Å². The number of esters is 1. The largest absolute Gasteiger partial charge is 0.469 e. The molecule has 1 aromatic rings. The van der Waals surface area contributed by atoms with Gasteiger partial charge >= 0.3 is 5.97 Å². The summed E-state index contributed by atoms with van der Waals surface area (Å²) in [6.45, 7) is 3.46. The van der Waals surface area contributed by atoms with Crippen molar-refractivity contribution in [2.24, 2.45) is 5.41 Å². The molecule has 0 fully saturated rings. The molecule has 1 atom stereocenters. The van der Waals surface area contributed by atoms with E-state index in [1.165, 1.54) is 13.2 Å². The highest BCUT2D eigenvalue weighted by Gasteiger charge is 2.39. The molecule has 0 heterocycles. The lowest BCUT2D eigenvalue weighted by molar-refractivity contribution is -0.152. The fourth-order valence-electron chi connectivity index (χ4n) is 2.00. The molecule has 4 heteroatoms. The van der Waals surface area contributed by atoms with Crippen molar-refractivity contribution < 1.29 is 13.9 Å². The number of hydrogen-bond acceptors (Lipinski definition) is 3. The van der Waals surface area contributed by atoms with Gasteiger partial charge in [-0.25, -0.2) is 4.39 Å². The van der Waals surface area contributed by atoms with E-state index in [1.54, 1.807) is 39.1 Å². The number of rotatable bonds is 4. The van der Waals surface area contributed by atoms with Crippen LogP contribution in [-0.2, 0) is 9.53 Å². The van der Waals surface area contributed by atoms with Gasteiger partial charge in [0.05, 0.1) is 18.6 Å². The van der Waals surface area contributed by atoms with E-state index in [2.05, 4.69) is 5.32 Å². The van der Waals surface area contributed by atoms with Crippen LogP contribution in [0.2, 0.25) is 0 Å². The third-order valence-corrected chi connectivity index (χ3v) is 2.94. The van der Waals surface area contributed by atoms with Crippen LogP contribution >= 0.6 is 0 Å². The van der Waals surface area contributed by atoms with Gasteiger partial charge in [-0.3, -0.25) is 4.79 Å². The molecule has 1 unspecified atom stereocenters. The lowest BCUT2D eigenvalue weighted by Gasteiger charge is -2.32. The topological polar surface area (TPSA) is 38.3 Å². The Morgan fingerprint density at radius 3 is 2.47 bits per heavy atom. The average Bonchev–Trinajstić information content (AvgIpc) is 2.31. The van der Waals surface area contributed by atoms with Gasteiger partial charge in [0, 0.05) is 5.56 Å². The minimum Gasteiger partial charge on any atom is -0.469 e. The van der Waals surface area contributed by atoms with Gasteiger partial charge in [-0.1, -0.05) is 18.2 Å². The lowest BCUT2D eigenvalue weighted by atomic mass is 9.80. The molecule has 0 amide bonds. The molecule has 0 aliphatic rings. The van der Waals surface area contributed by atoms with Gasteiger partial charge in [0.1, 0.15) is 5.82 Å². The van der Waals surface area contributed by atoms with E-state index in [0.717, 1.165) is 0 Å². The Kier molecular flexibility index (Phi) is 4.23. The number of carbonyl (C=O) groups excluding carboxylic acids is 1. The van der Waals surface area contributed by atoms with Crippen molar-refractivity contribution in [2.45, 2.75) is 19.9 Å². The second-order valence-electron chi connectivity index (χ2n) is 4.46. The molecule has 1 rings (SSSR count). The van der Waals surface area contributed by atoms with Gasteiger partial charge < -0.3 is 10.1 Å². The van der Waals surface area contributed by atoms with Crippen molar-refractivity contribution in [3.8, 4) is 0 Å². The summed E-state index contributed by atoms with van der Waals surface area (Å²) in [6.07, 6.45) is 0. The number of nitrogens with one attached hydrogen (secondary N) is 1. The minimum atomic E-state index is -0.842. The molecular weight excluding hydrogens is 221 g/mol. The van der Waals surface area contributed by atoms with E-state index < -0.39 is 11.5 Å². The summed E-state index contributed by atoms with van der Waals surface area (Å²) in [5.74, 6) is -0.705. The van der Waals surface area contributed by atoms with Crippen LogP contribution in [0.5, 0.6) is 0 Å². The number of hydrogen-bond donors (Lipinski definition) is 1. The number of benzene rings is 1. The maximum Gasteiger partial charge on any atom is 0.313 e. The first-order chi connectivity index (χ1) is 7.95. The van der Waals surface area contributed by atoms with Crippen molar-refractivity contribution >= 4 is 5.97 Å². The molecule has 0 radical (unpaired) electrons. The van der Waals surface area contributed by atoms with E-state index in [9.17, 15) is 9.18 Å². The molecule has 17 heavy (non-hydrogen) atoms. The van der Waals surface area contributed by atoms with Gasteiger partial charge in [0.2, 0.25) is 0 Å². The van der Waals surface area contributed by atoms with Crippen molar-refractivity contribution in [1.82, 2.24) is 5.32 Å². The lowest BCUT2D eigenvalue weighted by Crippen LogP contribution is -2.39. The summed E-state index contributed by atoms with van der Waals surface area (Å²) >= 11 is 0. The van der Waals surface area contributed by atoms with Crippen molar-refractivity contribution in [2.75, 3.05) is 14.2 Å². The van der Waals surface area contributed by atoms with E-state index in [1.807, 2.05) is 0 Å². The zero-order valence-corrected chi connectivity index (χ0v) is 10.6. The molecule has 0 aliphatic heterocycles. The van der Waals surface area contributed by atoms with E-state index in [4.69, 9.17) is 4.74 Å². The summed E-state index contributed by atoms with van der Waals surface area (Å²) in [4.78, 5) is 11.7. The second-order valence-corrected chi connectivity index (χ2v) is 4.46. The highest BCUT2D eigenvalue weighted by atomic mass is 19.1. The molecule has 0 aromatic heterocycles. The second kappa shape index (κ2) is 5.27. The molecule has 0 bridgehead atoms.